The number of amides is 1. The minimum atomic E-state index is -0.408. The second kappa shape index (κ2) is 4.30. The number of rotatable bonds is 2. The van der Waals surface area contributed by atoms with Crippen molar-refractivity contribution in [3.05, 3.63) is 0 Å². The summed E-state index contributed by atoms with van der Waals surface area (Å²) in [6.07, 6.45) is -0.408. The molecule has 0 aromatic carbocycles. The third kappa shape index (κ3) is 6.89. The molecule has 0 rings (SSSR count). The molecule has 3 heteroatoms. The molecule has 0 saturated carbocycles. The van der Waals surface area contributed by atoms with Gasteiger partial charge in [-0.2, -0.15) is 0 Å². The zero-order chi connectivity index (χ0) is 11.6. The molecule has 0 unspecified atom stereocenters. The first kappa shape index (κ1) is 13.4. The van der Waals surface area contributed by atoms with Crippen LogP contribution in [-0.2, 0) is 9.53 Å². The molecular weight excluding hydrogens is 178 g/mol. The Hall–Kier alpha value is -0.570. The summed E-state index contributed by atoms with van der Waals surface area (Å²) in [4.78, 5) is 11.6. The fraction of sp³-hybridized carbons (Fsp3) is 0.909. The summed E-state index contributed by atoms with van der Waals surface area (Å²) in [5.74, 6) is -0.0626. The average Bonchev–Trinajstić information content (AvgIpc) is 1.78. The fourth-order valence-electron chi connectivity index (χ4n) is 1.06. The van der Waals surface area contributed by atoms with Crippen LogP contribution in [0.5, 0.6) is 0 Å². The van der Waals surface area contributed by atoms with Crippen molar-refractivity contribution in [2.45, 2.75) is 65.7 Å². The van der Waals surface area contributed by atoms with E-state index in [0.29, 0.717) is 0 Å². The van der Waals surface area contributed by atoms with Crippen LogP contribution in [0.1, 0.15) is 48.5 Å². The smallest absolute Gasteiger partial charge is 0.249 e. The third-order valence-electron chi connectivity index (χ3n) is 1.40. The quantitative estimate of drug-likeness (QED) is 0.743. The highest BCUT2D eigenvalue weighted by atomic mass is 16.5. The van der Waals surface area contributed by atoms with Crippen LogP contribution in [-0.4, -0.2) is 23.2 Å². The van der Waals surface area contributed by atoms with E-state index in [1.54, 1.807) is 6.92 Å². The van der Waals surface area contributed by atoms with Crippen LogP contribution in [0, 0.1) is 0 Å². The van der Waals surface area contributed by atoms with E-state index in [-0.39, 0.29) is 17.0 Å². The Labute approximate surface area is 87.2 Å². The van der Waals surface area contributed by atoms with Gasteiger partial charge >= 0.3 is 0 Å². The predicted molar refractivity (Wildman–Crippen MR) is 58.2 cm³/mol. The Kier molecular flexibility index (Phi) is 4.13. The van der Waals surface area contributed by atoms with E-state index < -0.39 is 6.10 Å². The van der Waals surface area contributed by atoms with Crippen molar-refractivity contribution >= 4 is 5.91 Å². The van der Waals surface area contributed by atoms with Crippen molar-refractivity contribution < 1.29 is 9.53 Å². The molecule has 3 nitrogen and oxygen atoms in total. The summed E-state index contributed by atoms with van der Waals surface area (Å²) >= 11 is 0. The van der Waals surface area contributed by atoms with E-state index >= 15 is 0 Å². The Morgan fingerprint density at radius 1 is 1.14 bits per heavy atom. The second-order valence-corrected chi connectivity index (χ2v) is 5.61. The summed E-state index contributed by atoms with van der Waals surface area (Å²) in [7, 11) is 0. The zero-order valence-corrected chi connectivity index (χ0v) is 10.4. The first-order valence-electron chi connectivity index (χ1n) is 5.01. The number of carbonyl (C=O) groups excluding carboxylic acids is 1. The van der Waals surface area contributed by atoms with Gasteiger partial charge < -0.3 is 10.1 Å². The molecule has 0 aliphatic heterocycles. The number of carbonyl (C=O) groups is 1. The largest absolute Gasteiger partial charge is 0.363 e. The average molecular weight is 201 g/mol. The molecule has 0 aliphatic rings. The molecule has 0 radical (unpaired) electrons. The first-order chi connectivity index (χ1) is 6.01. The van der Waals surface area contributed by atoms with E-state index in [4.69, 9.17) is 4.74 Å². The molecule has 0 aromatic rings. The maximum absolute atomic E-state index is 11.6. The molecule has 0 saturated heterocycles. The van der Waals surface area contributed by atoms with Gasteiger partial charge in [-0.1, -0.05) is 0 Å². The van der Waals surface area contributed by atoms with Crippen molar-refractivity contribution in [2.24, 2.45) is 0 Å². The topological polar surface area (TPSA) is 38.3 Å². The summed E-state index contributed by atoms with van der Waals surface area (Å²) in [5.41, 5.74) is -0.485. The molecule has 1 atom stereocenters. The van der Waals surface area contributed by atoms with Gasteiger partial charge in [0.15, 0.2) is 0 Å². The van der Waals surface area contributed by atoms with E-state index in [9.17, 15) is 4.79 Å². The summed E-state index contributed by atoms with van der Waals surface area (Å²) in [6, 6.07) is 0. The minimum absolute atomic E-state index is 0.0626. The van der Waals surface area contributed by atoms with Crippen molar-refractivity contribution in [3.63, 3.8) is 0 Å². The van der Waals surface area contributed by atoms with Crippen molar-refractivity contribution in [1.82, 2.24) is 5.32 Å². The lowest BCUT2D eigenvalue weighted by molar-refractivity contribution is -0.141. The Balaban J connectivity index is 4.15. The Bertz CT molecular complexity index is 198. The van der Waals surface area contributed by atoms with Crippen LogP contribution in [0.4, 0.5) is 0 Å². The van der Waals surface area contributed by atoms with Gasteiger partial charge in [-0.15, -0.1) is 0 Å². The SMILES string of the molecule is C[C@@H](OC(C)(C)C)C(=O)NC(C)(C)C. The predicted octanol–water partition coefficient (Wildman–Crippen LogP) is 2.10. The highest BCUT2D eigenvalue weighted by Crippen LogP contribution is 2.11. The van der Waals surface area contributed by atoms with E-state index in [0.717, 1.165) is 0 Å². The van der Waals surface area contributed by atoms with Crippen LogP contribution in [0.25, 0.3) is 0 Å². The standard InChI is InChI=1S/C11H23NO2/c1-8(14-11(5,6)7)9(13)12-10(2,3)4/h8H,1-7H3,(H,12,13)/t8-/m1/s1. The summed E-state index contributed by atoms with van der Waals surface area (Å²) in [6.45, 7) is 13.4. The zero-order valence-electron chi connectivity index (χ0n) is 10.4. The molecule has 0 aromatic heterocycles. The van der Waals surface area contributed by atoms with Gasteiger partial charge in [0.2, 0.25) is 5.91 Å². The molecule has 0 fully saturated rings. The molecule has 1 N–H and O–H groups in total. The van der Waals surface area contributed by atoms with Crippen LogP contribution in [0.15, 0.2) is 0 Å². The minimum Gasteiger partial charge on any atom is -0.363 e. The molecule has 0 heterocycles. The van der Waals surface area contributed by atoms with E-state index in [1.165, 1.54) is 0 Å². The van der Waals surface area contributed by atoms with Crippen molar-refractivity contribution in [3.8, 4) is 0 Å². The number of hydrogen-bond donors (Lipinski definition) is 1. The van der Waals surface area contributed by atoms with Crippen LogP contribution < -0.4 is 5.32 Å². The van der Waals surface area contributed by atoms with Crippen LogP contribution >= 0.6 is 0 Å². The first-order valence-corrected chi connectivity index (χ1v) is 5.01. The van der Waals surface area contributed by atoms with Crippen molar-refractivity contribution in [2.75, 3.05) is 0 Å². The number of ether oxygens (including phenoxy) is 1. The maximum atomic E-state index is 11.6. The fourth-order valence-corrected chi connectivity index (χ4v) is 1.06. The highest BCUT2D eigenvalue weighted by molar-refractivity contribution is 5.81. The molecule has 1 amide bonds. The maximum Gasteiger partial charge on any atom is 0.249 e. The van der Waals surface area contributed by atoms with Crippen molar-refractivity contribution in [1.29, 1.82) is 0 Å². The third-order valence-corrected chi connectivity index (χ3v) is 1.40. The summed E-state index contributed by atoms with van der Waals surface area (Å²) < 4.78 is 5.53. The normalized spacial score (nSPS) is 15.1. The molecular formula is C11H23NO2. The number of hydrogen-bond acceptors (Lipinski definition) is 2. The lowest BCUT2D eigenvalue weighted by atomic mass is 10.1. The molecule has 84 valence electrons. The molecule has 0 aliphatic carbocycles. The molecule has 0 spiro atoms. The second-order valence-electron chi connectivity index (χ2n) is 5.61. The number of nitrogens with one attached hydrogen (secondary N) is 1. The van der Waals surface area contributed by atoms with Gasteiger partial charge in [0.1, 0.15) is 6.10 Å². The van der Waals surface area contributed by atoms with E-state index in [2.05, 4.69) is 5.32 Å². The van der Waals surface area contributed by atoms with Gasteiger partial charge in [0.25, 0.3) is 0 Å². The summed E-state index contributed by atoms with van der Waals surface area (Å²) in [5, 5.41) is 2.88. The van der Waals surface area contributed by atoms with E-state index in [1.807, 2.05) is 41.5 Å². The monoisotopic (exact) mass is 201 g/mol. The lowest BCUT2D eigenvalue weighted by Gasteiger charge is -2.28. The van der Waals surface area contributed by atoms with Gasteiger partial charge in [-0.3, -0.25) is 4.79 Å². The van der Waals surface area contributed by atoms with Gasteiger partial charge in [0.05, 0.1) is 5.60 Å². The van der Waals surface area contributed by atoms with Gasteiger partial charge in [0, 0.05) is 5.54 Å². The van der Waals surface area contributed by atoms with Crippen LogP contribution in [0.3, 0.4) is 0 Å². The molecule has 14 heavy (non-hydrogen) atoms. The Morgan fingerprint density at radius 2 is 1.57 bits per heavy atom. The highest BCUT2D eigenvalue weighted by Gasteiger charge is 2.23. The lowest BCUT2D eigenvalue weighted by Crippen LogP contribution is -2.47. The van der Waals surface area contributed by atoms with Crippen LogP contribution in [0.2, 0.25) is 0 Å². The van der Waals surface area contributed by atoms with Gasteiger partial charge in [-0.05, 0) is 48.5 Å². The Morgan fingerprint density at radius 3 is 1.86 bits per heavy atom. The van der Waals surface area contributed by atoms with Gasteiger partial charge in [-0.25, -0.2) is 0 Å². The molecule has 0 bridgehead atoms.